The standard InChI is InChI=1S/C11H14FNO4/c1-5-7(3-6(12)4-8(5)13)9(14)10(15)11(16)17-2/h3-4,9-10,14-15H,13H2,1-2H3. The van der Waals surface area contributed by atoms with E-state index < -0.39 is 24.0 Å². The topological polar surface area (TPSA) is 92.8 Å². The van der Waals surface area contributed by atoms with Gasteiger partial charge >= 0.3 is 5.97 Å². The van der Waals surface area contributed by atoms with E-state index in [0.29, 0.717) is 5.56 Å². The number of nitrogens with two attached hydrogens (primary N) is 1. The zero-order valence-corrected chi connectivity index (χ0v) is 9.48. The van der Waals surface area contributed by atoms with Gasteiger partial charge in [-0.15, -0.1) is 0 Å². The molecule has 0 aliphatic carbocycles. The van der Waals surface area contributed by atoms with Gasteiger partial charge < -0.3 is 20.7 Å². The summed E-state index contributed by atoms with van der Waals surface area (Å²) in [5.41, 5.74) is 6.11. The van der Waals surface area contributed by atoms with Crippen molar-refractivity contribution in [3.8, 4) is 0 Å². The van der Waals surface area contributed by atoms with Gasteiger partial charge in [-0.05, 0) is 30.2 Å². The SMILES string of the molecule is COC(=O)C(O)C(O)c1cc(F)cc(N)c1C. The predicted octanol–water partition coefficient (Wildman–Crippen LogP) is 0.284. The van der Waals surface area contributed by atoms with Gasteiger partial charge in [0.15, 0.2) is 6.10 Å². The van der Waals surface area contributed by atoms with Crippen molar-refractivity contribution in [2.45, 2.75) is 19.1 Å². The molecule has 5 nitrogen and oxygen atoms in total. The van der Waals surface area contributed by atoms with Gasteiger partial charge in [0.1, 0.15) is 11.9 Å². The maximum Gasteiger partial charge on any atom is 0.337 e. The van der Waals surface area contributed by atoms with Gasteiger partial charge in [0, 0.05) is 5.69 Å². The Balaban J connectivity index is 3.12. The Morgan fingerprint density at radius 2 is 2.06 bits per heavy atom. The molecular formula is C11H14FNO4. The van der Waals surface area contributed by atoms with E-state index in [1.807, 2.05) is 0 Å². The Bertz CT molecular complexity index is 436. The van der Waals surface area contributed by atoms with Crippen molar-refractivity contribution in [2.75, 3.05) is 12.8 Å². The van der Waals surface area contributed by atoms with Crippen LogP contribution in [0.3, 0.4) is 0 Å². The molecule has 4 N–H and O–H groups in total. The molecule has 6 heteroatoms. The Kier molecular flexibility index (Phi) is 4.03. The maximum absolute atomic E-state index is 13.1. The van der Waals surface area contributed by atoms with Crippen LogP contribution in [0.1, 0.15) is 17.2 Å². The van der Waals surface area contributed by atoms with E-state index in [-0.39, 0.29) is 11.3 Å². The second-order valence-corrected chi connectivity index (χ2v) is 3.62. The summed E-state index contributed by atoms with van der Waals surface area (Å²) in [6, 6.07) is 2.11. The highest BCUT2D eigenvalue weighted by Gasteiger charge is 2.28. The molecule has 0 aliphatic heterocycles. The minimum Gasteiger partial charge on any atom is -0.467 e. The molecular weight excluding hydrogens is 229 g/mol. The third kappa shape index (κ3) is 2.72. The average molecular weight is 243 g/mol. The first-order valence-corrected chi connectivity index (χ1v) is 4.88. The Morgan fingerprint density at radius 3 is 2.59 bits per heavy atom. The van der Waals surface area contributed by atoms with Crippen molar-refractivity contribution in [3.05, 3.63) is 29.1 Å². The van der Waals surface area contributed by atoms with Gasteiger partial charge in [-0.3, -0.25) is 0 Å². The molecule has 0 heterocycles. The van der Waals surface area contributed by atoms with E-state index in [9.17, 15) is 19.4 Å². The summed E-state index contributed by atoms with van der Waals surface area (Å²) in [6.45, 7) is 1.55. The summed E-state index contributed by atoms with van der Waals surface area (Å²) >= 11 is 0. The molecule has 0 bridgehead atoms. The molecule has 94 valence electrons. The lowest BCUT2D eigenvalue weighted by Crippen LogP contribution is -2.29. The molecule has 0 saturated heterocycles. The van der Waals surface area contributed by atoms with Crippen molar-refractivity contribution in [2.24, 2.45) is 0 Å². The van der Waals surface area contributed by atoms with Crippen LogP contribution in [0.25, 0.3) is 0 Å². The summed E-state index contributed by atoms with van der Waals surface area (Å²) < 4.78 is 17.4. The number of carbonyl (C=O) groups excluding carboxylic acids is 1. The first kappa shape index (κ1) is 13.4. The lowest BCUT2D eigenvalue weighted by atomic mass is 9.98. The van der Waals surface area contributed by atoms with Crippen LogP contribution >= 0.6 is 0 Å². The second kappa shape index (κ2) is 5.11. The highest BCUT2D eigenvalue weighted by molar-refractivity contribution is 5.75. The molecule has 0 saturated carbocycles. The molecule has 2 unspecified atom stereocenters. The highest BCUT2D eigenvalue weighted by Crippen LogP contribution is 2.26. The van der Waals surface area contributed by atoms with Crippen LogP contribution in [-0.4, -0.2) is 29.4 Å². The molecule has 2 atom stereocenters. The van der Waals surface area contributed by atoms with E-state index in [2.05, 4.69) is 4.74 Å². The molecule has 1 aromatic carbocycles. The van der Waals surface area contributed by atoms with Crippen molar-refractivity contribution in [1.29, 1.82) is 0 Å². The second-order valence-electron chi connectivity index (χ2n) is 3.62. The van der Waals surface area contributed by atoms with Crippen LogP contribution in [0.4, 0.5) is 10.1 Å². The predicted molar refractivity (Wildman–Crippen MR) is 58.5 cm³/mol. The van der Waals surface area contributed by atoms with Crippen LogP contribution in [0, 0.1) is 12.7 Å². The molecule has 0 aromatic heterocycles. The number of ether oxygens (including phenoxy) is 1. The molecule has 0 spiro atoms. The maximum atomic E-state index is 13.1. The fraction of sp³-hybridized carbons (Fsp3) is 0.364. The Labute approximate surface area is 97.6 Å². The number of carbonyl (C=O) groups is 1. The van der Waals surface area contributed by atoms with Gasteiger partial charge in [-0.1, -0.05) is 0 Å². The number of benzene rings is 1. The van der Waals surface area contributed by atoms with Gasteiger partial charge in [0.25, 0.3) is 0 Å². The minimum atomic E-state index is -1.78. The van der Waals surface area contributed by atoms with Crippen LogP contribution < -0.4 is 5.73 Å². The van der Waals surface area contributed by atoms with Crippen LogP contribution in [-0.2, 0) is 9.53 Å². The lowest BCUT2D eigenvalue weighted by molar-refractivity contribution is -0.156. The Morgan fingerprint density at radius 1 is 1.47 bits per heavy atom. The number of hydrogen-bond donors (Lipinski definition) is 3. The summed E-state index contributed by atoms with van der Waals surface area (Å²) in [5, 5.41) is 19.2. The van der Waals surface area contributed by atoms with E-state index >= 15 is 0 Å². The Hall–Kier alpha value is -1.66. The van der Waals surface area contributed by atoms with Crippen molar-refractivity contribution in [3.63, 3.8) is 0 Å². The number of nitrogen functional groups attached to an aromatic ring is 1. The van der Waals surface area contributed by atoms with Crippen molar-refractivity contribution in [1.82, 2.24) is 0 Å². The van der Waals surface area contributed by atoms with E-state index in [4.69, 9.17) is 5.73 Å². The van der Waals surface area contributed by atoms with Crippen LogP contribution in [0.15, 0.2) is 12.1 Å². The molecule has 1 aromatic rings. The van der Waals surface area contributed by atoms with Gasteiger partial charge in [0.2, 0.25) is 0 Å². The van der Waals surface area contributed by atoms with Crippen LogP contribution in [0.5, 0.6) is 0 Å². The van der Waals surface area contributed by atoms with E-state index in [0.717, 1.165) is 19.2 Å². The molecule has 0 fully saturated rings. The fourth-order valence-electron chi connectivity index (χ4n) is 1.45. The lowest BCUT2D eigenvalue weighted by Gasteiger charge is -2.19. The zero-order chi connectivity index (χ0) is 13.2. The number of rotatable bonds is 3. The number of esters is 1. The van der Waals surface area contributed by atoms with Crippen molar-refractivity contribution < 1.29 is 24.1 Å². The van der Waals surface area contributed by atoms with Gasteiger partial charge in [0.05, 0.1) is 7.11 Å². The average Bonchev–Trinajstić information content (AvgIpc) is 2.30. The molecule has 17 heavy (non-hydrogen) atoms. The zero-order valence-electron chi connectivity index (χ0n) is 9.48. The van der Waals surface area contributed by atoms with Gasteiger partial charge in [-0.25, -0.2) is 9.18 Å². The smallest absolute Gasteiger partial charge is 0.337 e. The molecule has 0 radical (unpaired) electrons. The number of halogens is 1. The number of methoxy groups -OCH3 is 1. The summed E-state index contributed by atoms with van der Waals surface area (Å²) in [5.74, 6) is -1.65. The first-order chi connectivity index (χ1) is 7.88. The monoisotopic (exact) mass is 243 g/mol. The first-order valence-electron chi connectivity index (χ1n) is 4.88. The molecule has 1 rings (SSSR count). The van der Waals surface area contributed by atoms with Gasteiger partial charge in [-0.2, -0.15) is 0 Å². The minimum absolute atomic E-state index is 0.0559. The molecule has 0 amide bonds. The van der Waals surface area contributed by atoms with E-state index in [1.54, 1.807) is 6.92 Å². The number of hydrogen-bond acceptors (Lipinski definition) is 5. The van der Waals surface area contributed by atoms with Crippen molar-refractivity contribution >= 4 is 11.7 Å². The summed E-state index contributed by atoms with van der Waals surface area (Å²) in [7, 11) is 1.07. The number of aliphatic hydroxyl groups excluding tert-OH is 2. The highest BCUT2D eigenvalue weighted by atomic mass is 19.1. The van der Waals surface area contributed by atoms with E-state index in [1.165, 1.54) is 0 Å². The number of aliphatic hydroxyl groups is 2. The van der Waals surface area contributed by atoms with Crippen LogP contribution in [0.2, 0.25) is 0 Å². The summed E-state index contributed by atoms with van der Waals surface area (Å²) in [4.78, 5) is 11.1. The number of anilines is 1. The molecule has 0 aliphatic rings. The fourth-order valence-corrected chi connectivity index (χ4v) is 1.45. The largest absolute Gasteiger partial charge is 0.467 e. The quantitative estimate of drug-likeness (QED) is 0.524. The summed E-state index contributed by atoms with van der Waals surface area (Å²) in [6.07, 6.45) is -3.36. The third-order valence-corrected chi connectivity index (χ3v) is 2.51. The normalized spacial score (nSPS) is 14.2. The third-order valence-electron chi connectivity index (χ3n) is 2.51.